The molecule has 1 aromatic carbocycles. The molecular weight excluding hydrogens is 248 g/mol. The Hall–Kier alpha value is -2.10. The summed E-state index contributed by atoms with van der Waals surface area (Å²) >= 11 is 0. The van der Waals surface area contributed by atoms with Gasteiger partial charge in [0.15, 0.2) is 5.82 Å². The summed E-state index contributed by atoms with van der Waals surface area (Å²) in [5.74, 6) is 3.73. The maximum atomic E-state index is 5.93. The van der Waals surface area contributed by atoms with E-state index in [4.69, 9.17) is 5.73 Å². The van der Waals surface area contributed by atoms with Crippen LogP contribution in [0.4, 0.5) is 11.6 Å². The zero-order valence-electron chi connectivity index (χ0n) is 12.0. The molecule has 1 aliphatic carbocycles. The Kier molecular flexibility index (Phi) is 3.30. The molecule has 4 nitrogen and oxygen atoms in total. The van der Waals surface area contributed by atoms with Gasteiger partial charge in [0.1, 0.15) is 11.6 Å². The van der Waals surface area contributed by atoms with Gasteiger partial charge in [-0.3, -0.25) is 0 Å². The van der Waals surface area contributed by atoms with Gasteiger partial charge < -0.3 is 10.6 Å². The lowest BCUT2D eigenvalue weighted by atomic mass is 10.2. The van der Waals surface area contributed by atoms with Crippen molar-refractivity contribution in [3.8, 4) is 11.4 Å². The number of nitrogen functional groups attached to an aromatic ring is 1. The number of nitrogens with two attached hydrogens (primary N) is 1. The van der Waals surface area contributed by atoms with Gasteiger partial charge in [-0.1, -0.05) is 37.3 Å². The predicted octanol–water partition coefficient (Wildman–Crippen LogP) is 2.82. The molecule has 0 aliphatic heterocycles. The summed E-state index contributed by atoms with van der Waals surface area (Å²) in [5, 5.41) is 0. The van der Waals surface area contributed by atoms with E-state index < -0.39 is 0 Å². The van der Waals surface area contributed by atoms with Crippen LogP contribution in [-0.2, 0) is 0 Å². The minimum absolute atomic E-state index is 0.518. The average Bonchev–Trinajstić information content (AvgIpc) is 3.14. The Balaban J connectivity index is 1.86. The Morgan fingerprint density at radius 1 is 1.25 bits per heavy atom. The van der Waals surface area contributed by atoms with Crippen LogP contribution in [0.5, 0.6) is 0 Å². The van der Waals surface area contributed by atoms with Crippen molar-refractivity contribution in [3.63, 3.8) is 0 Å². The predicted molar refractivity (Wildman–Crippen MR) is 82.4 cm³/mol. The van der Waals surface area contributed by atoms with Crippen LogP contribution in [0.2, 0.25) is 0 Å². The molecule has 20 heavy (non-hydrogen) atoms. The minimum atomic E-state index is 0.518. The zero-order chi connectivity index (χ0) is 14.1. The first kappa shape index (κ1) is 12.9. The van der Waals surface area contributed by atoms with Crippen LogP contribution in [0.3, 0.4) is 0 Å². The van der Waals surface area contributed by atoms with Crippen molar-refractivity contribution >= 4 is 11.6 Å². The Morgan fingerprint density at radius 2 is 1.95 bits per heavy atom. The standard InChI is InChI=1S/C16H20N4/c1-11-8-13(11)10-20(2)15-9-14(17)18-16(19-15)12-6-4-3-5-7-12/h3-7,9,11,13H,8,10H2,1-2H3,(H2,17,18,19). The summed E-state index contributed by atoms with van der Waals surface area (Å²) in [4.78, 5) is 11.2. The smallest absolute Gasteiger partial charge is 0.163 e. The summed E-state index contributed by atoms with van der Waals surface area (Å²) in [6, 6.07) is 11.8. The fourth-order valence-electron chi connectivity index (χ4n) is 2.46. The third-order valence-corrected chi connectivity index (χ3v) is 3.94. The van der Waals surface area contributed by atoms with Crippen molar-refractivity contribution in [2.24, 2.45) is 11.8 Å². The lowest BCUT2D eigenvalue weighted by Gasteiger charge is -2.19. The van der Waals surface area contributed by atoms with E-state index in [1.165, 1.54) is 6.42 Å². The molecule has 3 rings (SSSR count). The van der Waals surface area contributed by atoms with Crippen molar-refractivity contribution in [3.05, 3.63) is 36.4 Å². The first-order valence-corrected chi connectivity index (χ1v) is 7.04. The first-order chi connectivity index (χ1) is 9.63. The van der Waals surface area contributed by atoms with Crippen LogP contribution in [-0.4, -0.2) is 23.6 Å². The van der Waals surface area contributed by atoms with Crippen LogP contribution in [0.15, 0.2) is 36.4 Å². The van der Waals surface area contributed by atoms with E-state index >= 15 is 0 Å². The Bertz CT molecular complexity index is 597. The molecular formula is C16H20N4. The van der Waals surface area contributed by atoms with E-state index in [-0.39, 0.29) is 0 Å². The molecule has 0 radical (unpaired) electrons. The van der Waals surface area contributed by atoms with E-state index in [9.17, 15) is 0 Å². The maximum Gasteiger partial charge on any atom is 0.163 e. The second-order valence-electron chi connectivity index (χ2n) is 5.69. The summed E-state index contributed by atoms with van der Waals surface area (Å²) in [6.45, 7) is 3.33. The normalized spacial score (nSPS) is 20.7. The second-order valence-corrected chi connectivity index (χ2v) is 5.69. The third kappa shape index (κ3) is 2.74. The van der Waals surface area contributed by atoms with Gasteiger partial charge in [0.25, 0.3) is 0 Å². The highest BCUT2D eigenvalue weighted by molar-refractivity contribution is 5.60. The molecule has 1 aliphatic rings. The van der Waals surface area contributed by atoms with Crippen LogP contribution in [0.25, 0.3) is 11.4 Å². The topological polar surface area (TPSA) is 55.0 Å². The number of nitrogens with zero attached hydrogens (tertiary/aromatic N) is 3. The molecule has 0 amide bonds. The maximum absolute atomic E-state index is 5.93. The van der Waals surface area contributed by atoms with Gasteiger partial charge in [0, 0.05) is 25.2 Å². The van der Waals surface area contributed by atoms with E-state index in [1.807, 2.05) is 36.4 Å². The molecule has 4 heteroatoms. The summed E-state index contributed by atoms with van der Waals surface area (Å²) in [5.41, 5.74) is 6.93. The molecule has 1 aromatic heterocycles. The van der Waals surface area contributed by atoms with E-state index in [1.54, 1.807) is 0 Å². The van der Waals surface area contributed by atoms with Gasteiger partial charge in [-0.15, -0.1) is 0 Å². The highest BCUT2D eigenvalue weighted by atomic mass is 15.2. The fourth-order valence-corrected chi connectivity index (χ4v) is 2.46. The molecule has 2 unspecified atom stereocenters. The fraction of sp³-hybridized carbons (Fsp3) is 0.375. The minimum Gasteiger partial charge on any atom is -0.384 e. The molecule has 2 aromatic rings. The third-order valence-electron chi connectivity index (χ3n) is 3.94. The van der Waals surface area contributed by atoms with Crippen molar-refractivity contribution in [2.75, 3.05) is 24.2 Å². The summed E-state index contributed by atoms with van der Waals surface area (Å²) < 4.78 is 0. The highest BCUT2D eigenvalue weighted by Gasteiger charge is 2.33. The van der Waals surface area contributed by atoms with Gasteiger partial charge >= 0.3 is 0 Å². The number of anilines is 2. The zero-order valence-corrected chi connectivity index (χ0v) is 12.0. The largest absolute Gasteiger partial charge is 0.384 e. The molecule has 104 valence electrons. The first-order valence-electron chi connectivity index (χ1n) is 7.04. The van der Waals surface area contributed by atoms with Crippen LogP contribution in [0, 0.1) is 11.8 Å². The van der Waals surface area contributed by atoms with Gasteiger partial charge in [-0.25, -0.2) is 9.97 Å². The number of aromatic nitrogens is 2. The van der Waals surface area contributed by atoms with Gasteiger partial charge in [-0.05, 0) is 18.3 Å². The van der Waals surface area contributed by atoms with Crippen molar-refractivity contribution in [1.82, 2.24) is 9.97 Å². The van der Waals surface area contributed by atoms with Gasteiger partial charge in [0.05, 0.1) is 0 Å². The lowest BCUT2D eigenvalue weighted by Crippen LogP contribution is -2.22. The molecule has 1 fully saturated rings. The molecule has 1 saturated carbocycles. The molecule has 1 heterocycles. The second kappa shape index (κ2) is 5.12. The number of hydrogen-bond acceptors (Lipinski definition) is 4. The average molecular weight is 268 g/mol. The number of rotatable bonds is 4. The van der Waals surface area contributed by atoms with Crippen LogP contribution < -0.4 is 10.6 Å². The summed E-state index contributed by atoms with van der Waals surface area (Å²) in [6.07, 6.45) is 1.32. The van der Waals surface area contributed by atoms with Crippen molar-refractivity contribution in [1.29, 1.82) is 0 Å². The Labute approximate surface area is 119 Å². The quantitative estimate of drug-likeness (QED) is 0.926. The number of hydrogen-bond donors (Lipinski definition) is 1. The lowest BCUT2D eigenvalue weighted by molar-refractivity contribution is 0.719. The Morgan fingerprint density at radius 3 is 2.60 bits per heavy atom. The summed E-state index contributed by atoms with van der Waals surface area (Å²) in [7, 11) is 2.07. The molecule has 0 spiro atoms. The van der Waals surface area contributed by atoms with E-state index in [0.717, 1.165) is 29.8 Å². The van der Waals surface area contributed by atoms with Crippen molar-refractivity contribution in [2.45, 2.75) is 13.3 Å². The van der Waals surface area contributed by atoms with Crippen LogP contribution in [0.1, 0.15) is 13.3 Å². The SMILES string of the molecule is CC1CC1CN(C)c1cc(N)nc(-c2ccccc2)n1. The molecule has 0 bridgehead atoms. The van der Waals surface area contributed by atoms with E-state index in [2.05, 4.69) is 28.8 Å². The van der Waals surface area contributed by atoms with Gasteiger partial charge in [-0.2, -0.15) is 0 Å². The molecule has 0 saturated heterocycles. The van der Waals surface area contributed by atoms with E-state index in [0.29, 0.717) is 11.6 Å². The monoisotopic (exact) mass is 268 g/mol. The van der Waals surface area contributed by atoms with Crippen LogP contribution >= 0.6 is 0 Å². The molecule has 2 N–H and O–H groups in total. The molecule has 2 atom stereocenters. The van der Waals surface area contributed by atoms with Crippen molar-refractivity contribution < 1.29 is 0 Å². The highest BCUT2D eigenvalue weighted by Crippen LogP contribution is 2.38. The number of benzene rings is 1. The van der Waals surface area contributed by atoms with Gasteiger partial charge in [0.2, 0.25) is 0 Å².